The van der Waals surface area contributed by atoms with Gasteiger partial charge in [0.15, 0.2) is 0 Å². The molecule has 0 aromatic heterocycles. The van der Waals surface area contributed by atoms with Crippen LogP contribution in [0.15, 0.2) is 24.3 Å². The number of unbranched alkanes of at least 4 members (excludes halogenated alkanes) is 3. The molecule has 0 aliphatic heterocycles. The van der Waals surface area contributed by atoms with Crippen LogP contribution in [0.2, 0.25) is 0 Å². The van der Waals surface area contributed by atoms with Crippen molar-refractivity contribution >= 4 is 17.9 Å². The molecule has 188 valence electrons. The second-order valence-corrected chi connectivity index (χ2v) is 8.63. The molecule has 0 heterocycles. The van der Waals surface area contributed by atoms with Crippen molar-refractivity contribution in [1.82, 2.24) is 0 Å². The summed E-state index contributed by atoms with van der Waals surface area (Å²) in [7, 11) is 0. The van der Waals surface area contributed by atoms with E-state index in [0.29, 0.717) is 32.3 Å². The molecule has 7 nitrogen and oxygen atoms in total. The van der Waals surface area contributed by atoms with Gasteiger partial charge in [-0.1, -0.05) is 44.1 Å². The average molecular weight is 467 g/mol. The number of hydrogen-bond acceptors (Lipinski definition) is 7. The lowest BCUT2D eigenvalue weighted by molar-refractivity contribution is -0.150. The Morgan fingerprint density at radius 2 is 1.70 bits per heavy atom. The Kier molecular flexibility index (Phi) is 14.4. The third-order valence-corrected chi connectivity index (χ3v) is 5.80. The summed E-state index contributed by atoms with van der Waals surface area (Å²) in [5, 5.41) is 10.4. The highest BCUT2D eigenvalue weighted by atomic mass is 16.6. The monoisotopic (exact) mass is 466 g/mol. The Bertz CT molecular complexity index is 655. The van der Waals surface area contributed by atoms with Crippen LogP contribution in [0.3, 0.4) is 0 Å². The van der Waals surface area contributed by atoms with Gasteiger partial charge < -0.3 is 19.3 Å². The van der Waals surface area contributed by atoms with Crippen LogP contribution in [0.25, 0.3) is 0 Å². The van der Waals surface area contributed by atoms with Crippen molar-refractivity contribution in [2.75, 3.05) is 6.61 Å². The van der Waals surface area contributed by atoms with E-state index in [9.17, 15) is 19.5 Å². The number of esters is 3. The van der Waals surface area contributed by atoms with Crippen LogP contribution in [0, 0.1) is 11.8 Å². The molecule has 0 bridgehead atoms. The van der Waals surface area contributed by atoms with Crippen molar-refractivity contribution < 1.29 is 33.7 Å². The zero-order chi connectivity index (χ0) is 24.6. The van der Waals surface area contributed by atoms with Gasteiger partial charge in [-0.05, 0) is 39.0 Å². The fraction of sp³-hybridized carbons (Fsp3) is 0.731. The number of ether oxygens (including phenoxy) is 3. The Morgan fingerprint density at radius 3 is 2.33 bits per heavy atom. The third-order valence-electron chi connectivity index (χ3n) is 5.80. The van der Waals surface area contributed by atoms with E-state index in [4.69, 9.17) is 14.2 Å². The minimum absolute atomic E-state index is 0.124. The Morgan fingerprint density at radius 1 is 1.00 bits per heavy atom. The summed E-state index contributed by atoms with van der Waals surface area (Å²) in [6.07, 6.45) is 13.1. The lowest BCUT2D eigenvalue weighted by Crippen LogP contribution is -2.26. The number of rotatable bonds is 15. The standard InChI is InChI=1S/C26H42O7/c1-5-7-8-9-10-11-13-21(29)16-17-23-22(14-12-15-26(30)31-6-2)24(32-19(3)27)18-25(23)33-20(4)28/h10-11,16-17,21-25,29H,5-9,12-15,18H2,1-4H3/b11-10-,17-16+/t21-,22-,23+,24-,25+/m1/s1. The van der Waals surface area contributed by atoms with E-state index in [2.05, 4.69) is 13.0 Å². The molecule has 0 aromatic carbocycles. The molecular formula is C26H42O7. The minimum Gasteiger partial charge on any atom is -0.466 e. The molecule has 1 aliphatic carbocycles. The molecule has 0 aromatic rings. The average Bonchev–Trinajstić information content (AvgIpc) is 3.03. The number of carbonyl (C=O) groups is 3. The largest absolute Gasteiger partial charge is 0.466 e. The van der Waals surface area contributed by atoms with Gasteiger partial charge in [0.1, 0.15) is 12.2 Å². The quantitative estimate of drug-likeness (QED) is 0.162. The SMILES string of the molecule is CCCCC/C=C\C[C@@H](O)/C=C/[C@H]1[C@@H](CCCC(=O)OCC)[C@H](OC(C)=O)C[C@@H]1OC(C)=O. The number of hydrogen-bond donors (Lipinski definition) is 1. The highest BCUT2D eigenvalue weighted by Crippen LogP contribution is 2.40. The van der Waals surface area contributed by atoms with Crippen molar-refractivity contribution in [3.05, 3.63) is 24.3 Å². The van der Waals surface area contributed by atoms with Gasteiger partial charge in [-0.3, -0.25) is 14.4 Å². The predicted molar refractivity (Wildman–Crippen MR) is 126 cm³/mol. The number of aliphatic hydroxyl groups excluding tert-OH is 1. The Labute approximate surface area is 198 Å². The summed E-state index contributed by atoms with van der Waals surface area (Å²) in [5.74, 6) is -1.40. The van der Waals surface area contributed by atoms with Crippen LogP contribution in [-0.4, -0.2) is 47.9 Å². The highest BCUT2D eigenvalue weighted by molar-refractivity contribution is 5.69. The van der Waals surface area contributed by atoms with E-state index in [-0.39, 0.29) is 24.2 Å². The second-order valence-electron chi connectivity index (χ2n) is 8.63. The van der Waals surface area contributed by atoms with Gasteiger partial charge in [0.25, 0.3) is 0 Å². The van der Waals surface area contributed by atoms with E-state index < -0.39 is 30.3 Å². The third kappa shape index (κ3) is 12.0. The van der Waals surface area contributed by atoms with E-state index in [1.54, 1.807) is 13.0 Å². The lowest BCUT2D eigenvalue weighted by Gasteiger charge is -2.24. The number of carbonyl (C=O) groups excluding carboxylic acids is 3. The van der Waals surface area contributed by atoms with Crippen LogP contribution in [0.4, 0.5) is 0 Å². The summed E-state index contributed by atoms with van der Waals surface area (Å²) in [4.78, 5) is 35.1. The van der Waals surface area contributed by atoms with Gasteiger partial charge in [0.05, 0.1) is 12.7 Å². The van der Waals surface area contributed by atoms with E-state index in [0.717, 1.165) is 12.8 Å². The first-order valence-electron chi connectivity index (χ1n) is 12.3. The molecule has 0 spiro atoms. The molecule has 0 radical (unpaired) electrons. The molecule has 7 heteroatoms. The van der Waals surface area contributed by atoms with Crippen LogP contribution >= 0.6 is 0 Å². The topological polar surface area (TPSA) is 99.1 Å². The van der Waals surface area contributed by atoms with Crippen LogP contribution in [0.1, 0.15) is 85.5 Å². The Hall–Kier alpha value is -2.15. The van der Waals surface area contributed by atoms with Crippen LogP contribution < -0.4 is 0 Å². The summed E-state index contributed by atoms with van der Waals surface area (Å²) >= 11 is 0. The molecular weight excluding hydrogens is 424 g/mol. The molecule has 5 atom stereocenters. The van der Waals surface area contributed by atoms with E-state index in [1.165, 1.54) is 26.7 Å². The van der Waals surface area contributed by atoms with Crippen molar-refractivity contribution in [3.8, 4) is 0 Å². The zero-order valence-electron chi connectivity index (χ0n) is 20.7. The van der Waals surface area contributed by atoms with Crippen molar-refractivity contribution in [3.63, 3.8) is 0 Å². The smallest absolute Gasteiger partial charge is 0.305 e. The molecule has 1 N–H and O–H groups in total. The first-order chi connectivity index (χ1) is 15.8. The van der Waals surface area contributed by atoms with Gasteiger partial charge >= 0.3 is 17.9 Å². The van der Waals surface area contributed by atoms with Gasteiger partial charge in [0.2, 0.25) is 0 Å². The van der Waals surface area contributed by atoms with Gasteiger partial charge in [-0.25, -0.2) is 0 Å². The molecule has 1 fully saturated rings. The van der Waals surface area contributed by atoms with Gasteiger partial charge in [0, 0.05) is 38.5 Å². The number of aliphatic hydroxyl groups is 1. The first kappa shape index (κ1) is 28.9. The summed E-state index contributed by atoms with van der Waals surface area (Å²) in [6, 6.07) is 0. The molecule has 0 saturated heterocycles. The maximum Gasteiger partial charge on any atom is 0.305 e. The minimum atomic E-state index is -0.654. The highest BCUT2D eigenvalue weighted by Gasteiger charge is 2.45. The molecule has 1 saturated carbocycles. The van der Waals surface area contributed by atoms with Crippen molar-refractivity contribution in [2.45, 2.75) is 104 Å². The maximum absolute atomic E-state index is 11.7. The summed E-state index contributed by atoms with van der Waals surface area (Å²) in [5.41, 5.74) is 0. The van der Waals surface area contributed by atoms with E-state index >= 15 is 0 Å². The second kappa shape index (κ2) is 16.5. The van der Waals surface area contributed by atoms with E-state index in [1.807, 2.05) is 12.2 Å². The molecule has 0 amide bonds. The first-order valence-corrected chi connectivity index (χ1v) is 12.3. The predicted octanol–water partition coefficient (Wildman–Crippen LogP) is 4.66. The number of allylic oxidation sites excluding steroid dienone is 1. The van der Waals surface area contributed by atoms with Crippen molar-refractivity contribution in [2.24, 2.45) is 11.8 Å². The van der Waals surface area contributed by atoms with Gasteiger partial charge in [-0.2, -0.15) is 0 Å². The van der Waals surface area contributed by atoms with Crippen LogP contribution in [-0.2, 0) is 28.6 Å². The fourth-order valence-electron chi connectivity index (χ4n) is 4.33. The zero-order valence-corrected chi connectivity index (χ0v) is 20.7. The molecule has 33 heavy (non-hydrogen) atoms. The molecule has 1 aliphatic rings. The maximum atomic E-state index is 11.7. The van der Waals surface area contributed by atoms with Gasteiger partial charge in [-0.15, -0.1) is 0 Å². The fourth-order valence-corrected chi connectivity index (χ4v) is 4.33. The summed E-state index contributed by atoms with van der Waals surface area (Å²) < 4.78 is 16.1. The van der Waals surface area contributed by atoms with Crippen molar-refractivity contribution in [1.29, 1.82) is 0 Å². The normalized spacial score (nSPS) is 23.7. The summed E-state index contributed by atoms with van der Waals surface area (Å²) in [6.45, 7) is 6.98. The lowest BCUT2D eigenvalue weighted by atomic mass is 9.88. The Balaban J connectivity index is 2.85. The van der Waals surface area contributed by atoms with Crippen LogP contribution in [0.5, 0.6) is 0 Å². The molecule has 1 rings (SSSR count). The molecule has 0 unspecified atom stereocenters.